The highest BCUT2D eigenvalue weighted by Gasteiger charge is 2.68. The molecule has 9 rings (SSSR count). The molecule has 4 aromatic rings. The third-order valence-electron chi connectivity index (χ3n) is 13.2. The Morgan fingerprint density at radius 1 is 1.11 bits per heavy atom. The number of rotatable bonds is 12. The second-order valence-corrected chi connectivity index (χ2v) is 17.2. The number of aromatic nitrogens is 2. The third kappa shape index (κ3) is 6.85. The topological polar surface area (TPSA) is 94.5 Å². The average Bonchev–Trinajstić information content (AvgIpc) is 3.74. The van der Waals surface area contributed by atoms with Gasteiger partial charge >= 0.3 is 13.3 Å². The van der Waals surface area contributed by atoms with E-state index in [9.17, 15) is 22.8 Å². The van der Waals surface area contributed by atoms with Gasteiger partial charge in [-0.25, -0.2) is 4.98 Å². The van der Waals surface area contributed by atoms with E-state index >= 15 is 0 Å². The smallest absolute Gasteiger partial charge is 0.404 e. The molecule has 7 atom stereocenters. The number of hydrogen-bond acceptors (Lipinski definition) is 6. The number of nitrogens with one attached hydrogen (secondary N) is 2. The van der Waals surface area contributed by atoms with Gasteiger partial charge in [0.05, 0.1) is 28.9 Å². The standard InChI is InChI=1S/C43H47BClF3N4O4/c1-5-11-35(44-55-34-23-30-22-33(41(30,2)3)42(34,4)56-44)50-39(53)32-21-28(17-10-16-27-15-9-14-26-13-6-7-19-31(26)27)36-37(45)51-38(40(54)52(32)36)49-24-25-12-8-18-29(20-25)43(46,47)48/h5-9,12-15,18-20,28,30,32-35H,1,10-11,16-17,21-24H2,2-4H3,(H,49,51)(H,50,53)/t28-,30?,32+,33?,34?,35+,42-/m1/s1. The Morgan fingerprint density at radius 3 is 2.64 bits per heavy atom. The Labute approximate surface area is 330 Å². The van der Waals surface area contributed by atoms with Crippen molar-refractivity contribution in [3.63, 3.8) is 0 Å². The van der Waals surface area contributed by atoms with Crippen LogP contribution in [-0.4, -0.2) is 40.2 Å². The van der Waals surface area contributed by atoms with E-state index in [1.54, 1.807) is 6.08 Å². The van der Waals surface area contributed by atoms with Crippen molar-refractivity contribution in [1.82, 2.24) is 14.9 Å². The van der Waals surface area contributed by atoms with E-state index in [4.69, 9.17) is 20.9 Å². The number of alkyl halides is 3. The monoisotopic (exact) mass is 786 g/mol. The fourth-order valence-corrected chi connectivity index (χ4v) is 10.5. The molecule has 4 fully saturated rings. The molecule has 13 heteroatoms. The zero-order valence-electron chi connectivity index (χ0n) is 31.9. The lowest BCUT2D eigenvalue weighted by molar-refractivity contribution is -0.199. The first-order valence-electron chi connectivity index (χ1n) is 19.6. The van der Waals surface area contributed by atoms with Crippen LogP contribution < -0.4 is 16.2 Å². The van der Waals surface area contributed by atoms with E-state index < -0.39 is 42.0 Å². The molecule has 3 unspecified atom stereocenters. The molecule has 8 nitrogen and oxygen atoms in total. The number of carbonyl (C=O) groups excluding carboxylic acids is 1. The molecule has 2 bridgehead atoms. The highest BCUT2D eigenvalue weighted by Crippen LogP contribution is 2.65. The molecule has 294 valence electrons. The van der Waals surface area contributed by atoms with Crippen molar-refractivity contribution in [2.75, 3.05) is 5.32 Å². The first kappa shape index (κ1) is 38.7. The van der Waals surface area contributed by atoms with E-state index in [0.29, 0.717) is 42.4 Å². The zero-order chi connectivity index (χ0) is 39.6. The van der Waals surface area contributed by atoms with Crippen molar-refractivity contribution < 1.29 is 27.3 Å². The first-order chi connectivity index (χ1) is 26.7. The lowest BCUT2D eigenvalue weighted by Gasteiger charge is -2.64. The summed E-state index contributed by atoms with van der Waals surface area (Å²) in [5.74, 6) is -0.416. The molecular weight excluding hydrogens is 740 g/mol. The SMILES string of the molecule is C=CC[C@H](NC(=O)[C@@H]1C[C@@H](CCCc2cccc3ccccc23)c2c(Cl)nc(NCc3cccc(C(F)(F)F)c3)c(=O)n21)B1OC2CC3CC(C3(C)C)[C@@]2(C)O1. The van der Waals surface area contributed by atoms with Crippen LogP contribution in [0.1, 0.15) is 93.6 Å². The molecule has 1 saturated heterocycles. The summed E-state index contributed by atoms with van der Waals surface area (Å²) in [4.78, 5) is 33.2. The number of hydrogen-bond donors (Lipinski definition) is 2. The minimum Gasteiger partial charge on any atom is -0.404 e. The maximum atomic E-state index is 14.5. The van der Waals surface area contributed by atoms with Gasteiger partial charge in [0, 0.05) is 12.5 Å². The predicted molar refractivity (Wildman–Crippen MR) is 212 cm³/mol. The number of halogens is 4. The number of carbonyl (C=O) groups is 1. The van der Waals surface area contributed by atoms with Crippen LogP contribution >= 0.6 is 11.6 Å². The lowest BCUT2D eigenvalue weighted by Crippen LogP contribution is -2.65. The van der Waals surface area contributed by atoms with Gasteiger partial charge in [-0.2, -0.15) is 13.2 Å². The van der Waals surface area contributed by atoms with Gasteiger partial charge in [-0.15, -0.1) is 6.58 Å². The van der Waals surface area contributed by atoms with Crippen LogP contribution in [0.5, 0.6) is 0 Å². The van der Waals surface area contributed by atoms with Crippen LogP contribution in [0.15, 0.2) is 84.2 Å². The van der Waals surface area contributed by atoms with Crippen LogP contribution in [0.25, 0.3) is 10.8 Å². The van der Waals surface area contributed by atoms with Crippen LogP contribution in [-0.2, 0) is 33.2 Å². The molecule has 0 radical (unpaired) electrons. The molecule has 2 aliphatic heterocycles. The average molecular weight is 787 g/mol. The van der Waals surface area contributed by atoms with Crippen LogP contribution in [0.4, 0.5) is 19.0 Å². The molecule has 2 N–H and O–H groups in total. The lowest BCUT2D eigenvalue weighted by atomic mass is 9.43. The van der Waals surface area contributed by atoms with Crippen LogP contribution in [0.2, 0.25) is 5.15 Å². The maximum absolute atomic E-state index is 14.5. The van der Waals surface area contributed by atoms with Gasteiger partial charge in [-0.3, -0.25) is 14.2 Å². The van der Waals surface area contributed by atoms with E-state index in [1.165, 1.54) is 27.6 Å². The summed E-state index contributed by atoms with van der Waals surface area (Å²) in [5.41, 5.74) is 0.314. The number of nitrogens with zero attached hydrogens (tertiary/aromatic N) is 2. The Balaban J connectivity index is 1.06. The largest absolute Gasteiger partial charge is 0.482 e. The molecule has 3 heterocycles. The van der Waals surface area contributed by atoms with Crippen molar-refractivity contribution in [3.05, 3.63) is 117 Å². The van der Waals surface area contributed by atoms with Crippen LogP contribution in [0.3, 0.4) is 0 Å². The number of benzene rings is 3. The second kappa shape index (κ2) is 14.7. The molecule has 0 spiro atoms. The third-order valence-corrected chi connectivity index (χ3v) is 13.5. The second-order valence-electron chi connectivity index (χ2n) is 16.8. The Hall–Kier alpha value is -4.13. The van der Waals surface area contributed by atoms with Crippen LogP contribution in [0, 0.1) is 17.3 Å². The summed E-state index contributed by atoms with van der Waals surface area (Å²) < 4.78 is 55.0. The summed E-state index contributed by atoms with van der Waals surface area (Å²) >= 11 is 6.89. The van der Waals surface area contributed by atoms with E-state index in [1.807, 2.05) is 18.2 Å². The van der Waals surface area contributed by atoms with E-state index in [0.717, 1.165) is 43.2 Å². The van der Waals surface area contributed by atoms with Crippen molar-refractivity contribution in [2.24, 2.45) is 17.3 Å². The summed E-state index contributed by atoms with van der Waals surface area (Å²) in [7, 11) is -0.693. The molecule has 56 heavy (non-hydrogen) atoms. The Bertz CT molecular complexity index is 2230. The van der Waals surface area contributed by atoms with Gasteiger partial charge in [-0.05, 0) is 103 Å². The van der Waals surface area contributed by atoms with Crippen molar-refractivity contribution in [3.8, 4) is 0 Å². The van der Waals surface area contributed by atoms with E-state index in [-0.39, 0.29) is 40.9 Å². The van der Waals surface area contributed by atoms with Crippen molar-refractivity contribution in [2.45, 2.75) is 108 Å². The minimum atomic E-state index is -4.52. The highest BCUT2D eigenvalue weighted by atomic mass is 35.5. The molecule has 3 aromatic carbocycles. The molecular formula is C43H47BClF3N4O4. The molecule has 3 saturated carbocycles. The zero-order valence-corrected chi connectivity index (χ0v) is 32.6. The molecule has 5 aliphatic rings. The number of anilines is 1. The van der Waals surface area contributed by atoms with Gasteiger partial charge in [0.25, 0.3) is 5.56 Å². The quantitative estimate of drug-likeness (QED) is 0.110. The van der Waals surface area contributed by atoms with Crippen molar-refractivity contribution in [1.29, 1.82) is 0 Å². The fourth-order valence-electron chi connectivity index (χ4n) is 10.1. The normalized spacial score (nSPS) is 26.6. The molecule has 3 aliphatic carbocycles. The Kier molecular flexibility index (Phi) is 10.1. The maximum Gasteiger partial charge on any atom is 0.482 e. The molecule has 1 aromatic heterocycles. The predicted octanol–water partition coefficient (Wildman–Crippen LogP) is 9.06. The first-order valence-corrected chi connectivity index (χ1v) is 20.0. The van der Waals surface area contributed by atoms with Crippen molar-refractivity contribution >= 4 is 41.2 Å². The Morgan fingerprint density at radius 2 is 1.88 bits per heavy atom. The summed E-state index contributed by atoms with van der Waals surface area (Å²) in [6.45, 7) is 10.6. The fraction of sp³-hybridized carbons (Fsp3) is 0.465. The van der Waals surface area contributed by atoms with Gasteiger partial charge in [0.15, 0.2) is 11.0 Å². The summed E-state index contributed by atoms with van der Waals surface area (Å²) in [6, 6.07) is 18.4. The summed E-state index contributed by atoms with van der Waals surface area (Å²) in [5, 5.41) is 8.50. The number of fused-ring (bicyclic) bond motifs is 2. The molecule has 1 amide bonds. The van der Waals surface area contributed by atoms with Gasteiger partial charge < -0.3 is 19.9 Å². The number of aryl methyl sites for hydroxylation is 1. The number of amides is 1. The summed E-state index contributed by atoms with van der Waals surface area (Å²) in [6.07, 6.45) is 2.05. The van der Waals surface area contributed by atoms with Gasteiger partial charge in [0.1, 0.15) is 6.04 Å². The van der Waals surface area contributed by atoms with E-state index in [2.05, 4.69) is 67.2 Å². The van der Waals surface area contributed by atoms with Gasteiger partial charge in [0.2, 0.25) is 5.91 Å². The highest BCUT2D eigenvalue weighted by molar-refractivity contribution is 6.48. The minimum absolute atomic E-state index is 0.0744. The van der Waals surface area contributed by atoms with Gasteiger partial charge in [-0.1, -0.05) is 86.1 Å².